The van der Waals surface area contributed by atoms with E-state index < -0.39 is 12.1 Å². The highest BCUT2D eigenvalue weighted by Crippen LogP contribution is 2.30. The Kier molecular flexibility index (Phi) is 6.95. The molecule has 0 atom stereocenters. The number of anilines is 1. The van der Waals surface area contributed by atoms with Gasteiger partial charge in [-0.3, -0.25) is 14.3 Å². The zero-order chi connectivity index (χ0) is 27.0. The summed E-state index contributed by atoms with van der Waals surface area (Å²) < 4.78 is 49.1. The molecule has 3 N–H and O–H groups in total. The van der Waals surface area contributed by atoms with Crippen molar-refractivity contribution in [3.63, 3.8) is 0 Å². The highest BCUT2D eigenvalue weighted by atomic mass is 19.4. The van der Waals surface area contributed by atoms with Crippen LogP contribution in [0.15, 0.2) is 35.3 Å². The fourth-order valence-electron chi connectivity index (χ4n) is 5.14. The molecule has 0 spiro atoms. The molecule has 2 aromatic heterocycles. The summed E-state index contributed by atoms with van der Waals surface area (Å²) >= 11 is 0. The molecule has 0 aliphatic carbocycles. The van der Waals surface area contributed by atoms with Gasteiger partial charge in [-0.05, 0) is 44.9 Å². The number of pyridine rings is 1. The van der Waals surface area contributed by atoms with Crippen LogP contribution in [0.25, 0.3) is 11.2 Å². The zero-order valence-electron chi connectivity index (χ0n) is 20.8. The van der Waals surface area contributed by atoms with Crippen molar-refractivity contribution in [3.05, 3.63) is 46.5 Å². The van der Waals surface area contributed by atoms with Crippen LogP contribution in [0.1, 0.15) is 42.1 Å². The summed E-state index contributed by atoms with van der Waals surface area (Å²) in [5.74, 6) is -0.265. The molecule has 4 heterocycles. The van der Waals surface area contributed by atoms with Crippen LogP contribution >= 0.6 is 0 Å². The number of imidazole rings is 1. The summed E-state index contributed by atoms with van der Waals surface area (Å²) in [5, 5.41) is 0. The lowest BCUT2D eigenvalue weighted by Crippen LogP contribution is -2.40. The van der Waals surface area contributed by atoms with E-state index in [0.717, 1.165) is 38.1 Å². The van der Waals surface area contributed by atoms with Gasteiger partial charge >= 0.3 is 12.1 Å². The third-order valence-electron chi connectivity index (χ3n) is 7.12. The number of amides is 1. The first-order valence-corrected chi connectivity index (χ1v) is 12.5. The maximum atomic E-state index is 13.0. The Balaban J connectivity index is 1.27. The Morgan fingerprint density at radius 1 is 1.08 bits per heavy atom. The van der Waals surface area contributed by atoms with E-state index in [9.17, 15) is 22.8 Å². The van der Waals surface area contributed by atoms with E-state index in [4.69, 9.17) is 10.5 Å². The number of hydrogen-bond donors (Lipinski definition) is 2. The number of carbonyl (C=O) groups is 1. The lowest BCUT2D eigenvalue weighted by Gasteiger charge is -2.33. The number of nitrogens with two attached hydrogens (primary N) is 1. The van der Waals surface area contributed by atoms with Gasteiger partial charge in [0.15, 0.2) is 5.65 Å². The van der Waals surface area contributed by atoms with E-state index in [1.165, 1.54) is 6.07 Å². The average Bonchev–Trinajstić information content (AvgIpc) is 3.19. The number of hydrogen-bond acceptors (Lipinski definition) is 7. The second-order valence-corrected chi connectivity index (χ2v) is 9.78. The highest BCUT2D eigenvalue weighted by molar-refractivity contribution is 5.99. The van der Waals surface area contributed by atoms with E-state index in [1.54, 1.807) is 15.7 Å². The SMILES string of the molecule is CN1CCC(Oc2cnc3[nH]c(=O)n(C4CCN(C(=O)c5ccc(OC(F)(F)F)cc5N)CC4)c3c2)CC1. The van der Waals surface area contributed by atoms with Gasteiger partial charge in [0, 0.05) is 50.0 Å². The molecular weight excluding hydrogens is 505 g/mol. The molecule has 10 nitrogen and oxygen atoms in total. The minimum Gasteiger partial charge on any atom is -0.489 e. The molecule has 0 bridgehead atoms. The van der Waals surface area contributed by atoms with E-state index in [2.05, 4.69) is 26.7 Å². The molecule has 0 unspecified atom stereocenters. The number of likely N-dealkylation sites (tertiary alicyclic amines) is 2. The van der Waals surface area contributed by atoms with Gasteiger partial charge in [-0.2, -0.15) is 0 Å². The second-order valence-electron chi connectivity index (χ2n) is 9.78. The number of aromatic nitrogens is 3. The lowest BCUT2D eigenvalue weighted by atomic mass is 10.0. The van der Waals surface area contributed by atoms with Crippen LogP contribution in [0.2, 0.25) is 0 Å². The first kappa shape index (κ1) is 25.9. The van der Waals surface area contributed by atoms with Crippen LogP contribution in [0, 0.1) is 0 Å². The van der Waals surface area contributed by atoms with E-state index in [0.29, 0.717) is 42.8 Å². The summed E-state index contributed by atoms with van der Waals surface area (Å²) in [6.45, 7) is 2.62. The molecule has 13 heteroatoms. The van der Waals surface area contributed by atoms with Crippen molar-refractivity contribution in [2.45, 2.75) is 44.2 Å². The topological polar surface area (TPSA) is 119 Å². The highest BCUT2D eigenvalue weighted by Gasteiger charge is 2.32. The average molecular weight is 535 g/mol. The number of benzene rings is 1. The summed E-state index contributed by atoms with van der Waals surface area (Å²) in [6.07, 6.45) is -0.275. The number of fused-ring (bicyclic) bond motifs is 1. The van der Waals surface area contributed by atoms with E-state index in [1.807, 2.05) is 6.07 Å². The summed E-state index contributed by atoms with van der Waals surface area (Å²) in [5.41, 5.74) is 6.69. The number of alkyl halides is 3. The summed E-state index contributed by atoms with van der Waals surface area (Å²) in [4.78, 5) is 36.9. The van der Waals surface area contributed by atoms with Gasteiger partial charge in [-0.15, -0.1) is 13.2 Å². The van der Waals surface area contributed by atoms with Crippen molar-refractivity contribution in [2.75, 3.05) is 39.0 Å². The number of nitrogens with zero attached hydrogens (tertiary/aromatic N) is 4. The Bertz CT molecular complexity index is 1370. The monoisotopic (exact) mass is 534 g/mol. The number of rotatable bonds is 5. The van der Waals surface area contributed by atoms with Crippen LogP contribution in [0.5, 0.6) is 11.5 Å². The molecule has 204 valence electrons. The van der Waals surface area contributed by atoms with Gasteiger partial charge in [0.05, 0.1) is 17.3 Å². The normalized spacial score (nSPS) is 18.2. The second kappa shape index (κ2) is 10.2. The lowest BCUT2D eigenvalue weighted by molar-refractivity contribution is -0.274. The van der Waals surface area contributed by atoms with Crippen LogP contribution < -0.4 is 20.9 Å². The quantitative estimate of drug-likeness (QED) is 0.483. The molecule has 5 rings (SSSR count). The molecule has 38 heavy (non-hydrogen) atoms. The number of aromatic amines is 1. The Labute approximate surface area is 216 Å². The van der Waals surface area contributed by atoms with Crippen LogP contribution in [0.3, 0.4) is 0 Å². The Hall–Kier alpha value is -3.74. The molecule has 0 saturated carbocycles. The predicted molar refractivity (Wildman–Crippen MR) is 133 cm³/mol. The van der Waals surface area contributed by atoms with Crippen LogP contribution in [-0.2, 0) is 0 Å². The maximum absolute atomic E-state index is 13.0. The van der Waals surface area contributed by atoms with Crippen molar-refractivity contribution in [1.82, 2.24) is 24.3 Å². The minimum atomic E-state index is -4.85. The number of halogens is 3. The first-order chi connectivity index (χ1) is 18.1. The van der Waals surface area contributed by atoms with E-state index in [-0.39, 0.29) is 35.0 Å². The van der Waals surface area contributed by atoms with Gasteiger partial charge < -0.3 is 25.0 Å². The molecule has 0 radical (unpaired) electrons. The number of piperidine rings is 2. The third-order valence-corrected chi connectivity index (χ3v) is 7.12. The molecular formula is C25H29F3N6O4. The standard InChI is InChI=1S/C25H29F3N6O4/c1-32-8-6-16(7-9-32)37-18-13-21-22(30-14-18)31-24(36)34(21)15-4-10-33(11-5-15)23(35)19-3-2-17(12-20(19)29)38-25(26,27)28/h2-3,12-16H,4-11,29H2,1H3,(H,30,31,36). The van der Waals surface area contributed by atoms with Crippen LogP contribution in [-0.4, -0.2) is 75.9 Å². The van der Waals surface area contributed by atoms with Crippen molar-refractivity contribution in [1.29, 1.82) is 0 Å². The molecule has 2 fully saturated rings. The number of nitrogens with one attached hydrogen (secondary N) is 1. The Morgan fingerprint density at radius 2 is 1.79 bits per heavy atom. The smallest absolute Gasteiger partial charge is 0.489 e. The first-order valence-electron chi connectivity index (χ1n) is 12.5. The molecule has 3 aromatic rings. The van der Waals surface area contributed by atoms with Crippen molar-refractivity contribution in [3.8, 4) is 11.5 Å². The van der Waals surface area contributed by atoms with Crippen molar-refractivity contribution in [2.24, 2.45) is 0 Å². The molecule has 2 aliphatic rings. The number of nitrogen functional groups attached to an aromatic ring is 1. The number of ether oxygens (including phenoxy) is 2. The molecule has 1 amide bonds. The van der Waals surface area contributed by atoms with Gasteiger partial charge in [0.25, 0.3) is 5.91 Å². The third kappa shape index (κ3) is 5.57. The fourth-order valence-corrected chi connectivity index (χ4v) is 5.14. The number of H-pyrrole nitrogens is 1. The van der Waals surface area contributed by atoms with Gasteiger partial charge in [-0.25, -0.2) is 9.78 Å². The summed E-state index contributed by atoms with van der Waals surface area (Å²) in [6, 6.07) is 4.94. The molecule has 2 saturated heterocycles. The van der Waals surface area contributed by atoms with Crippen molar-refractivity contribution < 1.29 is 27.4 Å². The maximum Gasteiger partial charge on any atom is 0.573 e. The fraction of sp³-hybridized carbons (Fsp3) is 0.480. The molecule has 2 aliphatic heterocycles. The molecule has 1 aromatic carbocycles. The minimum absolute atomic E-state index is 0.0975. The van der Waals surface area contributed by atoms with E-state index >= 15 is 0 Å². The van der Waals surface area contributed by atoms with Crippen molar-refractivity contribution >= 4 is 22.8 Å². The van der Waals surface area contributed by atoms with Crippen LogP contribution in [0.4, 0.5) is 18.9 Å². The Morgan fingerprint density at radius 3 is 2.45 bits per heavy atom. The predicted octanol–water partition coefficient (Wildman–Crippen LogP) is 3.16. The van der Waals surface area contributed by atoms with Gasteiger partial charge in [0.2, 0.25) is 0 Å². The number of carbonyl (C=O) groups excluding carboxylic acids is 1. The van der Waals surface area contributed by atoms with Gasteiger partial charge in [-0.1, -0.05) is 0 Å². The zero-order valence-corrected chi connectivity index (χ0v) is 20.8. The van der Waals surface area contributed by atoms with Gasteiger partial charge in [0.1, 0.15) is 17.6 Å². The largest absolute Gasteiger partial charge is 0.573 e. The summed E-state index contributed by atoms with van der Waals surface area (Å²) in [7, 11) is 2.08.